The van der Waals surface area contributed by atoms with Crippen LogP contribution < -0.4 is 10.1 Å². The highest BCUT2D eigenvalue weighted by Gasteiger charge is 2.07. The monoisotopic (exact) mass is 327 g/mol. The number of hydrogen-bond acceptors (Lipinski definition) is 6. The SMILES string of the molecule is O=C(O)Cc1csc(Nc2ccc(Oc3ccccc3)cn2)n1. The lowest BCUT2D eigenvalue weighted by molar-refractivity contribution is -0.136. The maximum absolute atomic E-state index is 10.6. The van der Waals surface area contributed by atoms with Gasteiger partial charge in [-0.1, -0.05) is 18.2 Å². The van der Waals surface area contributed by atoms with E-state index in [0.717, 1.165) is 5.75 Å². The van der Waals surface area contributed by atoms with Gasteiger partial charge in [0.2, 0.25) is 0 Å². The normalized spacial score (nSPS) is 10.3. The third kappa shape index (κ3) is 4.27. The number of aliphatic carboxylic acids is 1. The number of carboxylic acid groups (broad SMARTS) is 1. The van der Waals surface area contributed by atoms with Crippen LogP contribution in [-0.2, 0) is 11.2 Å². The highest BCUT2D eigenvalue weighted by Crippen LogP contribution is 2.23. The lowest BCUT2D eigenvalue weighted by atomic mass is 10.3. The lowest BCUT2D eigenvalue weighted by Crippen LogP contribution is -2.00. The molecular weight excluding hydrogens is 314 g/mol. The molecule has 7 heteroatoms. The average molecular weight is 327 g/mol. The highest BCUT2D eigenvalue weighted by atomic mass is 32.1. The largest absolute Gasteiger partial charge is 0.481 e. The molecular formula is C16H13N3O3S. The Kier molecular flexibility index (Phi) is 4.49. The van der Waals surface area contributed by atoms with E-state index in [0.29, 0.717) is 22.4 Å². The summed E-state index contributed by atoms with van der Waals surface area (Å²) in [4.78, 5) is 19.1. The van der Waals surface area contributed by atoms with Gasteiger partial charge in [-0.05, 0) is 24.3 Å². The standard InChI is InChI=1S/C16H13N3O3S/c20-15(21)8-11-10-23-16(18-11)19-14-7-6-13(9-17-14)22-12-4-2-1-3-5-12/h1-7,9-10H,8H2,(H,20,21)(H,17,18,19). The van der Waals surface area contributed by atoms with Gasteiger partial charge in [0, 0.05) is 5.38 Å². The summed E-state index contributed by atoms with van der Waals surface area (Å²) in [5.74, 6) is 1.09. The average Bonchev–Trinajstić information content (AvgIpc) is 2.96. The molecule has 3 aromatic rings. The van der Waals surface area contributed by atoms with Gasteiger partial charge in [-0.2, -0.15) is 0 Å². The molecule has 0 radical (unpaired) electrons. The summed E-state index contributed by atoms with van der Waals surface area (Å²) >= 11 is 1.34. The van der Waals surface area contributed by atoms with E-state index >= 15 is 0 Å². The van der Waals surface area contributed by atoms with Gasteiger partial charge < -0.3 is 15.2 Å². The van der Waals surface area contributed by atoms with Crippen LogP contribution in [-0.4, -0.2) is 21.0 Å². The minimum atomic E-state index is -0.901. The van der Waals surface area contributed by atoms with Crippen LogP contribution >= 0.6 is 11.3 Å². The Bertz CT molecular complexity index is 788. The summed E-state index contributed by atoms with van der Waals surface area (Å²) < 4.78 is 5.66. The Morgan fingerprint density at radius 3 is 2.70 bits per heavy atom. The Balaban J connectivity index is 1.63. The van der Waals surface area contributed by atoms with Crippen molar-refractivity contribution in [3.63, 3.8) is 0 Å². The topological polar surface area (TPSA) is 84.3 Å². The van der Waals surface area contributed by atoms with Gasteiger partial charge in [0.05, 0.1) is 18.3 Å². The van der Waals surface area contributed by atoms with Crippen LogP contribution in [0.5, 0.6) is 11.5 Å². The van der Waals surface area contributed by atoms with Crippen molar-refractivity contribution in [3.05, 3.63) is 59.7 Å². The van der Waals surface area contributed by atoms with Crippen molar-refractivity contribution in [2.45, 2.75) is 6.42 Å². The first-order valence-electron chi connectivity index (χ1n) is 6.81. The molecule has 23 heavy (non-hydrogen) atoms. The van der Waals surface area contributed by atoms with E-state index in [1.165, 1.54) is 11.3 Å². The number of thiazole rings is 1. The first kappa shape index (κ1) is 15.0. The first-order valence-corrected chi connectivity index (χ1v) is 7.69. The zero-order chi connectivity index (χ0) is 16.1. The van der Waals surface area contributed by atoms with Crippen LogP contribution in [0.3, 0.4) is 0 Å². The quantitative estimate of drug-likeness (QED) is 0.718. The van der Waals surface area contributed by atoms with E-state index in [2.05, 4.69) is 15.3 Å². The lowest BCUT2D eigenvalue weighted by Gasteiger charge is -2.06. The van der Waals surface area contributed by atoms with Gasteiger partial charge in [0.25, 0.3) is 0 Å². The number of carboxylic acids is 1. The molecule has 1 aromatic carbocycles. The molecule has 2 N–H and O–H groups in total. The predicted octanol–water partition coefficient (Wildman–Crippen LogP) is 3.70. The van der Waals surface area contributed by atoms with E-state index in [1.807, 2.05) is 30.3 Å². The number of pyridine rings is 1. The molecule has 0 unspecified atom stereocenters. The molecule has 0 fully saturated rings. The number of aromatic nitrogens is 2. The number of anilines is 2. The third-order valence-electron chi connectivity index (χ3n) is 2.83. The Labute approximate surface area is 136 Å². The zero-order valence-electron chi connectivity index (χ0n) is 12.0. The molecule has 0 atom stereocenters. The number of nitrogens with one attached hydrogen (secondary N) is 1. The molecule has 116 valence electrons. The second-order valence-corrected chi connectivity index (χ2v) is 5.49. The van der Waals surface area contributed by atoms with Crippen molar-refractivity contribution >= 4 is 28.3 Å². The molecule has 0 saturated carbocycles. The smallest absolute Gasteiger partial charge is 0.309 e. The maximum atomic E-state index is 10.6. The number of nitrogens with zero attached hydrogens (tertiary/aromatic N) is 2. The van der Waals surface area contributed by atoms with Crippen LogP contribution in [0, 0.1) is 0 Å². The minimum Gasteiger partial charge on any atom is -0.481 e. The summed E-state index contributed by atoms with van der Waals surface area (Å²) in [6, 6.07) is 13.0. The molecule has 0 aliphatic carbocycles. The molecule has 0 saturated heterocycles. The molecule has 0 spiro atoms. The van der Waals surface area contributed by atoms with Gasteiger partial charge in [0.15, 0.2) is 5.13 Å². The summed E-state index contributed by atoms with van der Waals surface area (Å²) in [5.41, 5.74) is 0.522. The Morgan fingerprint density at radius 1 is 1.17 bits per heavy atom. The van der Waals surface area contributed by atoms with Gasteiger partial charge in [-0.25, -0.2) is 9.97 Å². The van der Waals surface area contributed by atoms with Crippen molar-refractivity contribution in [2.24, 2.45) is 0 Å². The highest BCUT2D eigenvalue weighted by molar-refractivity contribution is 7.13. The van der Waals surface area contributed by atoms with E-state index in [1.54, 1.807) is 23.7 Å². The van der Waals surface area contributed by atoms with Crippen LogP contribution in [0.2, 0.25) is 0 Å². The van der Waals surface area contributed by atoms with Crippen molar-refractivity contribution in [1.82, 2.24) is 9.97 Å². The summed E-state index contributed by atoms with van der Waals surface area (Å²) in [6.45, 7) is 0. The molecule has 0 aliphatic rings. The van der Waals surface area contributed by atoms with E-state index in [4.69, 9.17) is 9.84 Å². The van der Waals surface area contributed by atoms with Crippen LogP contribution in [0.4, 0.5) is 10.9 Å². The number of ether oxygens (including phenoxy) is 1. The van der Waals surface area contributed by atoms with Crippen LogP contribution in [0.15, 0.2) is 54.0 Å². The van der Waals surface area contributed by atoms with Gasteiger partial charge in [-0.15, -0.1) is 11.3 Å². The number of hydrogen-bond donors (Lipinski definition) is 2. The van der Waals surface area contributed by atoms with Gasteiger partial charge >= 0.3 is 5.97 Å². The number of carbonyl (C=O) groups is 1. The Morgan fingerprint density at radius 2 is 2.00 bits per heavy atom. The van der Waals surface area contributed by atoms with Crippen molar-refractivity contribution < 1.29 is 14.6 Å². The molecule has 0 amide bonds. The predicted molar refractivity (Wildman–Crippen MR) is 87.5 cm³/mol. The third-order valence-corrected chi connectivity index (χ3v) is 3.64. The van der Waals surface area contributed by atoms with Crippen molar-refractivity contribution in [3.8, 4) is 11.5 Å². The van der Waals surface area contributed by atoms with Crippen molar-refractivity contribution in [1.29, 1.82) is 0 Å². The van der Waals surface area contributed by atoms with E-state index in [-0.39, 0.29) is 6.42 Å². The fourth-order valence-electron chi connectivity index (χ4n) is 1.85. The molecule has 3 rings (SSSR count). The van der Waals surface area contributed by atoms with Gasteiger partial charge in [-0.3, -0.25) is 4.79 Å². The van der Waals surface area contributed by atoms with Crippen LogP contribution in [0.25, 0.3) is 0 Å². The fourth-order valence-corrected chi connectivity index (χ4v) is 2.57. The zero-order valence-corrected chi connectivity index (χ0v) is 12.8. The first-order chi connectivity index (χ1) is 11.2. The summed E-state index contributed by atoms with van der Waals surface area (Å²) in [6.07, 6.45) is 1.52. The maximum Gasteiger partial charge on any atom is 0.309 e. The molecule has 0 bridgehead atoms. The second-order valence-electron chi connectivity index (χ2n) is 4.63. The summed E-state index contributed by atoms with van der Waals surface area (Å²) in [5, 5.41) is 14.1. The van der Waals surface area contributed by atoms with E-state index in [9.17, 15) is 4.79 Å². The summed E-state index contributed by atoms with van der Waals surface area (Å²) in [7, 11) is 0. The Hall–Kier alpha value is -2.93. The molecule has 2 aromatic heterocycles. The van der Waals surface area contributed by atoms with Crippen molar-refractivity contribution in [2.75, 3.05) is 5.32 Å². The molecule has 0 aliphatic heterocycles. The molecule has 2 heterocycles. The number of para-hydroxylation sites is 1. The minimum absolute atomic E-state index is 0.0878. The second kappa shape index (κ2) is 6.89. The number of rotatable bonds is 6. The van der Waals surface area contributed by atoms with Crippen LogP contribution in [0.1, 0.15) is 5.69 Å². The van der Waals surface area contributed by atoms with E-state index < -0.39 is 5.97 Å². The molecule has 6 nitrogen and oxygen atoms in total. The van der Waals surface area contributed by atoms with Gasteiger partial charge in [0.1, 0.15) is 17.3 Å². The fraction of sp³-hybridized carbons (Fsp3) is 0.0625. The number of benzene rings is 1.